The van der Waals surface area contributed by atoms with E-state index in [1.807, 2.05) is 0 Å². The maximum atomic E-state index is 13.7. The number of rotatable bonds is 7. The molecule has 0 unspecified atom stereocenters. The van der Waals surface area contributed by atoms with E-state index in [1.165, 1.54) is 0 Å². The van der Waals surface area contributed by atoms with Crippen LogP contribution >= 0.6 is 7.60 Å². The third-order valence-electron chi connectivity index (χ3n) is 4.01. The molecule has 0 fully saturated rings. The number of hydrogen-bond acceptors (Lipinski definition) is 3. The van der Waals surface area contributed by atoms with Gasteiger partial charge in [-0.3, -0.25) is 4.57 Å². The Morgan fingerprint density at radius 3 is 1.00 bits per heavy atom. The fourth-order valence-corrected chi connectivity index (χ4v) is 3.49. The van der Waals surface area contributed by atoms with Gasteiger partial charge < -0.3 is 9.05 Å². The predicted octanol–water partition coefficient (Wildman–Crippen LogP) is 6.41. The Morgan fingerprint density at radius 2 is 0.774 bits per heavy atom. The van der Waals surface area contributed by atoms with Crippen molar-refractivity contribution in [2.24, 2.45) is 0 Å². The summed E-state index contributed by atoms with van der Waals surface area (Å²) < 4.78 is 156. The molecular weight excluding hydrogens is 473 g/mol. The first kappa shape index (κ1) is 25.2. The molecule has 0 bridgehead atoms. The normalized spacial score (nSPS) is 12.2. The van der Waals surface area contributed by atoms with Crippen molar-refractivity contribution in [3.8, 4) is 0 Å². The molecule has 0 aliphatic rings. The van der Waals surface area contributed by atoms with E-state index in [1.54, 1.807) is 0 Å². The van der Waals surface area contributed by atoms with E-state index in [4.69, 9.17) is 0 Å². The topological polar surface area (TPSA) is 35.5 Å². The van der Waals surface area contributed by atoms with Crippen LogP contribution in [-0.4, -0.2) is 5.66 Å². The van der Waals surface area contributed by atoms with Crippen LogP contribution in [0.4, 0.5) is 43.9 Å². The minimum Gasteiger partial charge on any atom is -0.303 e. The molecule has 3 nitrogen and oxygen atoms in total. The van der Waals surface area contributed by atoms with Gasteiger partial charge in [0.25, 0.3) is 0 Å². The summed E-state index contributed by atoms with van der Waals surface area (Å²) in [4.78, 5) is 0. The second-order valence-corrected chi connectivity index (χ2v) is 8.91. The monoisotopic (exact) mass is 484 g/mol. The van der Waals surface area contributed by atoms with Crippen molar-refractivity contribution in [2.75, 3.05) is 0 Å². The van der Waals surface area contributed by atoms with Gasteiger partial charge >= 0.3 is 7.60 Å². The zero-order chi connectivity index (χ0) is 23.8. The molecule has 0 amide bonds. The van der Waals surface area contributed by atoms with Crippen LogP contribution in [0.1, 0.15) is 25.0 Å². The molecule has 14 heteroatoms. The van der Waals surface area contributed by atoms with Gasteiger partial charge in [0.15, 0.2) is 46.5 Å². The smallest absolute Gasteiger partial charge is 0.303 e. The largest absolute Gasteiger partial charge is 0.333 e. The SMILES string of the molecule is CC(C)P(=O)(OCc1c(F)c(F)c(F)c(F)c1F)OCc1c(F)c(F)c(F)c(F)c1F. The van der Waals surface area contributed by atoms with E-state index in [-0.39, 0.29) is 0 Å². The average Bonchev–Trinajstić information content (AvgIpc) is 2.73. The Bertz CT molecular complexity index is 938. The Labute approximate surface area is 168 Å². The summed E-state index contributed by atoms with van der Waals surface area (Å²) >= 11 is 0. The lowest BCUT2D eigenvalue weighted by Crippen LogP contribution is -2.13. The van der Waals surface area contributed by atoms with Crippen LogP contribution in [0.3, 0.4) is 0 Å². The van der Waals surface area contributed by atoms with Crippen molar-refractivity contribution in [3.05, 3.63) is 69.3 Å². The zero-order valence-electron chi connectivity index (χ0n) is 15.4. The fourth-order valence-electron chi connectivity index (χ4n) is 2.20. The molecule has 0 aromatic heterocycles. The van der Waals surface area contributed by atoms with E-state index < -0.39 is 95.8 Å². The summed E-state index contributed by atoms with van der Waals surface area (Å²) in [5, 5.41) is 0. The Hall–Kier alpha value is -2.11. The molecule has 0 aliphatic carbocycles. The third-order valence-corrected chi connectivity index (χ3v) is 6.25. The Morgan fingerprint density at radius 1 is 0.548 bits per heavy atom. The lowest BCUT2D eigenvalue weighted by atomic mass is 10.2. The third kappa shape index (κ3) is 4.58. The molecular formula is C17H11F10O3P. The molecule has 2 aromatic carbocycles. The van der Waals surface area contributed by atoms with Gasteiger partial charge in [0.1, 0.15) is 0 Å². The van der Waals surface area contributed by atoms with Crippen LogP contribution < -0.4 is 0 Å². The number of hydrogen-bond donors (Lipinski definition) is 0. The summed E-state index contributed by atoms with van der Waals surface area (Å²) in [5.41, 5.74) is -4.26. The molecule has 0 heterocycles. The fraction of sp³-hybridized carbons (Fsp3) is 0.294. The van der Waals surface area contributed by atoms with Gasteiger partial charge in [0, 0.05) is 0 Å². The van der Waals surface area contributed by atoms with E-state index >= 15 is 0 Å². The molecule has 0 radical (unpaired) electrons. The van der Waals surface area contributed by atoms with Crippen molar-refractivity contribution >= 4 is 7.60 Å². The Balaban J connectivity index is 2.33. The molecule has 0 saturated heterocycles. The zero-order valence-corrected chi connectivity index (χ0v) is 16.3. The predicted molar refractivity (Wildman–Crippen MR) is 84.8 cm³/mol. The molecule has 0 atom stereocenters. The van der Waals surface area contributed by atoms with Crippen LogP contribution in [0.2, 0.25) is 0 Å². The summed E-state index contributed by atoms with van der Waals surface area (Å²) in [6.45, 7) is -0.730. The quantitative estimate of drug-likeness (QED) is 0.197. The highest BCUT2D eigenvalue weighted by Crippen LogP contribution is 2.54. The van der Waals surface area contributed by atoms with Crippen molar-refractivity contribution in [1.29, 1.82) is 0 Å². The lowest BCUT2D eigenvalue weighted by molar-refractivity contribution is 0.176. The minimum absolute atomic E-state index is 1.12. The summed E-state index contributed by atoms with van der Waals surface area (Å²) in [6, 6.07) is 0. The van der Waals surface area contributed by atoms with Crippen molar-refractivity contribution in [3.63, 3.8) is 0 Å². The maximum Gasteiger partial charge on any atom is 0.333 e. The highest BCUT2D eigenvalue weighted by molar-refractivity contribution is 7.54. The van der Waals surface area contributed by atoms with Gasteiger partial charge in [0.2, 0.25) is 11.6 Å². The first-order chi connectivity index (χ1) is 14.2. The van der Waals surface area contributed by atoms with E-state index in [2.05, 4.69) is 9.05 Å². The van der Waals surface area contributed by atoms with E-state index in [0.29, 0.717) is 0 Å². The average molecular weight is 484 g/mol. The standard InChI is InChI=1S/C17H11F10O3P/c1-5(2)31(28,29-3-6-8(18)12(22)16(26)13(23)9(6)19)30-4-7-10(20)14(24)17(27)15(25)11(7)21/h5H,3-4H2,1-2H3. The van der Waals surface area contributed by atoms with Crippen LogP contribution in [0.15, 0.2) is 0 Å². The molecule has 0 saturated carbocycles. The summed E-state index contributed by atoms with van der Waals surface area (Å²) in [6.07, 6.45) is 0. The van der Waals surface area contributed by atoms with E-state index in [9.17, 15) is 48.5 Å². The van der Waals surface area contributed by atoms with Gasteiger partial charge in [-0.2, -0.15) is 0 Å². The van der Waals surface area contributed by atoms with Gasteiger partial charge in [-0.1, -0.05) is 13.8 Å². The van der Waals surface area contributed by atoms with Crippen molar-refractivity contribution in [2.45, 2.75) is 32.7 Å². The van der Waals surface area contributed by atoms with Crippen molar-refractivity contribution < 1.29 is 57.5 Å². The molecule has 2 rings (SSSR count). The highest BCUT2D eigenvalue weighted by atomic mass is 31.2. The first-order valence-electron chi connectivity index (χ1n) is 8.13. The molecule has 172 valence electrons. The second kappa shape index (κ2) is 9.17. The van der Waals surface area contributed by atoms with E-state index in [0.717, 1.165) is 13.8 Å². The summed E-state index contributed by atoms with van der Waals surface area (Å²) in [7, 11) is -4.63. The van der Waals surface area contributed by atoms with Gasteiger partial charge in [-0.25, -0.2) is 43.9 Å². The number of halogens is 10. The molecule has 0 N–H and O–H groups in total. The van der Waals surface area contributed by atoms with Crippen LogP contribution in [-0.2, 0) is 26.8 Å². The number of benzene rings is 2. The maximum absolute atomic E-state index is 13.7. The van der Waals surface area contributed by atoms with Crippen molar-refractivity contribution in [1.82, 2.24) is 0 Å². The molecule has 0 aliphatic heterocycles. The molecule has 0 spiro atoms. The second-order valence-electron chi connectivity index (χ2n) is 6.28. The Kier molecular flexibility index (Phi) is 7.44. The van der Waals surface area contributed by atoms with Crippen LogP contribution in [0.5, 0.6) is 0 Å². The van der Waals surface area contributed by atoms with Gasteiger partial charge in [-0.15, -0.1) is 0 Å². The lowest BCUT2D eigenvalue weighted by Gasteiger charge is -2.22. The van der Waals surface area contributed by atoms with Gasteiger partial charge in [-0.05, 0) is 0 Å². The molecule has 2 aromatic rings. The molecule has 31 heavy (non-hydrogen) atoms. The van der Waals surface area contributed by atoms with Crippen LogP contribution in [0, 0.1) is 58.2 Å². The highest BCUT2D eigenvalue weighted by Gasteiger charge is 2.34. The minimum atomic E-state index is -4.63. The summed E-state index contributed by atoms with van der Waals surface area (Å²) in [5.74, 6) is -23.3. The first-order valence-corrected chi connectivity index (χ1v) is 9.75. The van der Waals surface area contributed by atoms with Crippen LogP contribution in [0.25, 0.3) is 0 Å². The van der Waals surface area contributed by atoms with Gasteiger partial charge in [0.05, 0.1) is 30.0 Å².